The number of hydrogen-bond donors (Lipinski definition) is 4. The van der Waals surface area contributed by atoms with Gasteiger partial charge in [0.25, 0.3) is 0 Å². The van der Waals surface area contributed by atoms with Crippen molar-refractivity contribution in [1.29, 1.82) is 0 Å². The van der Waals surface area contributed by atoms with E-state index in [1.165, 1.54) is 6.42 Å². The summed E-state index contributed by atoms with van der Waals surface area (Å²) in [4.78, 5) is 0. The summed E-state index contributed by atoms with van der Waals surface area (Å²) in [6, 6.07) is 13.2. The predicted molar refractivity (Wildman–Crippen MR) is 132 cm³/mol. The van der Waals surface area contributed by atoms with Crippen LogP contribution in [-0.2, 0) is 15.9 Å². The van der Waals surface area contributed by atoms with Crippen molar-refractivity contribution in [3.8, 4) is 5.75 Å². The lowest BCUT2D eigenvalue weighted by molar-refractivity contribution is -0.231. The van der Waals surface area contributed by atoms with Gasteiger partial charge in [-0.25, -0.2) is 0 Å². The molecule has 7 nitrogen and oxygen atoms in total. The molecule has 192 valence electrons. The largest absolute Gasteiger partial charge is 0.485 e. The van der Waals surface area contributed by atoms with E-state index in [1.807, 2.05) is 30.3 Å². The smallest absolute Gasteiger partial charge is 0.132 e. The van der Waals surface area contributed by atoms with E-state index in [2.05, 4.69) is 0 Å². The van der Waals surface area contributed by atoms with Crippen LogP contribution in [0, 0.1) is 0 Å². The molecule has 1 saturated carbocycles. The van der Waals surface area contributed by atoms with Crippen molar-refractivity contribution in [2.24, 2.45) is 0 Å². The fourth-order valence-electron chi connectivity index (χ4n) is 5.16. The van der Waals surface area contributed by atoms with Gasteiger partial charge in [0.1, 0.15) is 41.9 Å². The van der Waals surface area contributed by atoms with Gasteiger partial charge in [-0.3, -0.25) is 0 Å². The minimum Gasteiger partial charge on any atom is -0.485 e. The summed E-state index contributed by atoms with van der Waals surface area (Å²) in [5, 5.41) is 40.7. The number of benzene rings is 2. The van der Waals surface area contributed by atoms with Crippen molar-refractivity contribution in [3.05, 3.63) is 64.2 Å². The summed E-state index contributed by atoms with van der Waals surface area (Å²) in [5.74, 6) is 0.814. The van der Waals surface area contributed by atoms with Crippen LogP contribution in [0.3, 0.4) is 0 Å². The second kappa shape index (κ2) is 11.6. The maximum Gasteiger partial charge on any atom is 0.132 e. The number of methoxy groups -OCH3 is 1. The Morgan fingerprint density at radius 1 is 0.971 bits per heavy atom. The zero-order chi connectivity index (χ0) is 25.0. The molecule has 1 heterocycles. The standard InChI is InChI=1S/C27H35ClO7/c1-33-16-27(11-3-2-4-12-27)35-20-8-5-17(6-9-20)13-19-14-18(7-10-21(19)28)26-25(32)24(31)23(30)22(15-29)34-26/h5-10,14,22-26,29-32H,2-4,11-13,15-16H2,1H3/t22-,23-,24+,25-,26+/m1/s1. The molecule has 2 aromatic rings. The van der Waals surface area contributed by atoms with Crippen molar-refractivity contribution in [3.63, 3.8) is 0 Å². The Morgan fingerprint density at radius 2 is 1.69 bits per heavy atom. The van der Waals surface area contributed by atoms with Crippen LogP contribution in [0.4, 0.5) is 0 Å². The van der Waals surface area contributed by atoms with Gasteiger partial charge in [0.2, 0.25) is 0 Å². The van der Waals surface area contributed by atoms with Crippen LogP contribution in [0.1, 0.15) is 54.9 Å². The van der Waals surface area contributed by atoms with Gasteiger partial charge in [-0.15, -0.1) is 0 Å². The Morgan fingerprint density at radius 3 is 2.34 bits per heavy atom. The number of rotatable bonds is 8. The van der Waals surface area contributed by atoms with E-state index in [0.717, 1.165) is 42.6 Å². The minimum atomic E-state index is -1.43. The molecule has 2 aromatic carbocycles. The molecule has 2 fully saturated rings. The van der Waals surface area contributed by atoms with E-state index in [1.54, 1.807) is 19.2 Å². The Labute approximate surface area is 211 Å². The van der Waals surface area contributed by atoms with Crippen molar-refractivity contribution in [1.82, 2.24) is 0 Å². The first-order valence-electron chi connectivity index (χ1n) is 12.2. The monoisotopic (exact) mass is 506 g/mol. The Kier molecular flexibility index (Phi) is 8.71. The predicted octanol–water partition coefficient (Wildman–Crippen LogP) is 3.17. The molecule has 0 unspecified atom stereocenters. The quantitative estimate of drug-likeness (QED) is 0.435. The van der Waals surface area contributed by atoms with E-state index >= 15 is 0 Å². The first-order valence-corrected chi connectivity index (χ1v) is 12.6. The molecule has 0 amide bonds. The molecule has 0 radical (unpaired) electrons. The van der Waals surface area contributed by atoms with Crippen LogP contribution in [0.15, 0.2) is 42.5 Å². The molecule has 8 heteroatoms. The zero-order valence-corrected chi connectivity index (χ0v) is 20.7. The fourth-order valence-corrected chi connectivity index (χ4v) is 5.35. The number of aliphatic hydroxyl groups is 4. The topological polar surface area (TPSA) is 109 Å². The minimum absolute atomic E-state index is 0.266. The molecular formula is C27H35ClO7. The lowest BCUT2D eigenvalue weighted by Crippen LogP contribution is -2.55. The molecule has 4 N–H and O–H groups in total. The number of aliphatic hydroxyl groups excluding tert-OH is 4. The third-order valence-corrected chi connectivity index (χ3v) is 7.48. The highest BCUT2D eigenvalue weighted by atomic mass is 35.5. The fraction of sp³-hybridized carbons (Fsp3) is 0.556. The second-order valence-corrected chi connectivity index (χ2v) is 10.1. The summed E-state index contributed by atoms with van der Waals surface area (Å²) >= 11 is 6.47. The van der Waals surface area contributed by atoms with Crippen LogP contribution in [0.25, 0.3) is 0 Å². The normalized spacial score (nSPS) is 28.6. The van der Waals surface area contributed by atoms with Gasteiger partial charge >= 0.3 is 0 Å². The van der Waals surface area contributed by atoms with Crippen molar-refractivity contribution >= 4 is 11.6 Å². The van der Waals surface area contributed by atoms with Gasteiger partial charge in [-0.2, -0.15) is 0 Å². The molecule has 4 rings (SSSR count). The lowest BCUT2D eigenvalue weighted by Gasteiger charge is -2.40. The van der Waals surface area contributed by atoms with E-state index < -0.39 is 37.1 Å². The van der Waals surface area contributed by atoms with Crippen molar-refractivity contribution in [2.45, 2.75) is 74.6 Å². The number of ether oxygens (including phenoxy) is 3. The average molecular weight is 507 g/mol. The van der Waals surface area contributed by atoms with E-state index in [9.17, 15) is 20.4 Å². The number of halogens is 1. The van der Waals surface area contributed by atoms with Gasteiger partial charge in [0.15, 0.2) is 0 Å². The SMILES string of the molecule is COCC1(Oc2ccc(Cc3cc([C@@H]4O[C@H](CO)[C@@H](O)[C@H](O)[C@H]4O)ccc3Cl)cc2)CCCCC1. The van der Waals surface area contributed by atoms with Crippen molar-refractivity contribution in [2.75, 3.05) is 20.3 Å². The molecule has 2 aliphatic rings. The summed E-state index contributed by atoms with van der Waals surface area (Å²) in [6.07, 6.45) is 0.0301. The molecule has 1 aliphatic carbocycles. The van der Waals surface area contributed by atoms with Gasteiger partial charge < -0.3 is 34.6 Å². The highest BCUT2D eigenvalue weighted by molar-refractivity contribution is 6.31. The van der Waals surface area contributed by atoms with Gasteiger partial charge in [-0.05, 0) is 67.0 Å². The Hall–Kier alpha value is -1.71. The zero-order valence-electron chi connectivity index (χ0n) is 20.0. The molecule has 0 bridgehead atoms. The summed E-state index contributed by atoms with van der Waals surface area (Å²) < 4.78 is 17.6. The Bertz CT molecular complexity index is 953. The maximum absolute atomic E-state index is 10.5. The number of hydrogen-bond acceptors (Lipinski definition) is 7. The summed E-state index contributed by atoms with van der Waals surface area (Å²) in [6.45, 7) is 0.108. The average Bonchev–Trinajstić information content (AvgIpc) is 2.86. The highest BCUT2D eigenvalue weighted by Gasteiger charge is 2.44. The first kappa shape index (κ1) is 26.4. The van der Waals surface area contributed by atoms with Crippen molar-refractivity contribution < 1.29 is 34.6 Å². The van der Waals surface area contributed by atoms with Gasteiger partial charge in [-0.1, -0.05) is 42.3 Å². The lowest BCUT2D eigenvalue weighted by atomic mass is 9.85. The first-order chi connectivity index (χ1) is 16.9. The molecule has 35 heavy (non-hydrogen) atoms. The third-order valence-electron chi connectivity index (χ3n) is 7.12. The van der Waals surface area contributed by atoms with Crippen LogP contribution in [-0.4, -0.2) is 70.8 Å². The van der Waals surface area contributed by atoms with E-state index in [4.69, 9.17) is 25.8 Å². The van der Waals surface area contributed by atoms with Crippen LogP contribution < -0.4 is 4.74 Å². The molecule has 5 atom stereocenters. The molecular weight excluding hydrogens is 472 g/mol. The van der Waals surface area contributed by atoms with E-state index in [-0.39, 0.29) is 5.60 Å². The van der Waals surface area contributed by atoms with Gasteiger partial charge in [0.05, 0.1) is 13.2 Å². The second-order valence-electron chi connectivity index (χ2n) is 9.70. The van der Waals surface area contributed by atoms with Crippen LogP contribution in [0.5, 0.6) is 5.75 Å². The van der Waals surface area contributed by atoms with Crippen LogP contribution >= 0.6 is 11.6 Å². The van der Waals surface area contributed by atoms with E-state index in [0.29, 0.717) is 23.6 Å². The highest BCUT2D eigenvalue weighted by Crippen LogP contribution is 2.36. The van der Waals surface area contributed by atoms with Crippen LogP contribution in [0.2, 0.25) is 5.02 Å². The molecule has 0 spiro atoms. The van der Waals surface area contributed by atoms with Gasteiger partial charge in [0, 0.05) is 12.1 Å². The summed E-state index contributed by atoms with van der Waals surface area (Å²) in [5.41, 5.74) is 2.21. The Balaban J connectivity index is 1.48. The molecule has 0 aromatic heterocycles. The molecule has 1 aliphatic heterocycles. The molecule has 1 saturated heterocycles. The summed E-state index contributed by atoms with van der Waals surface area (Å²) in [7, 11) is 1.71. The maximum atomic E-state index is 10.5. The third kappa shape index (κ3) is 6.00.